The average molecular weight is 358 g/mol. The van der Waals surface area contributed by atoms with Crippen molar-refractivity contribution in [3.05, 3.63) is 44.4 Å². The van der Waals surface area contributed by atoms with E-state index in [-0.39, 0.29) is 11.8 Å². The second kappa shape index (κ2) is 7.06. The first-order chi connectivity index (χ1) is 9.67. The van der Waals surface area contributed by atoms with Crippen LogP contribution < -0.4 is 5.32 Å². The zero-order valence-electron chi connectivity index (χ0n) is 11.3. The SMILES string of the molecule is CCCNC(c1ccc(C(=O)OC)o1)c1sccc1Br. The van der Waals surface area contributed by atoms with Crippen molar-refractivity contribution in [2.75, 3.05) is 13.7 Å². The Balaban J connectivity index is 2.29. The number of carbonyl (C=O) groups excluding carboxylic acids is 1. The molecule has 0 aliphatic rings. The van der Waals surface area contributed by atoms with Gasteiger partial charge in [-0.25, -0.2) is 4.79 Å². The molecule has 0 aromatic carbocycles. The summed E-state index contributed by atoms with van der Waals surface area (Å²) < 4.78 is 11.3. The molecule has 0 spiro atoms. The van der Waals surface area contributed by atoms with Crippen molar-refractivity contribution in [3.8, 4) is 0 Å². The fourth-order valence-corrected chi connectivity index (χ4v) is 3.52. The molecule has 2 aromatic rings. The zero-order chi connectivity index (χ0) is 14.5. The Morgan fingerprint density at radius 1 is 1.50 bits per heavy atom. The van der Waals surface area contributed by atoms with Crippen LogP contribution in [0.2, 0.25) is 0 Å². The van der Waals surface area contributed by atoms with Crippen molar-refractivity contribution < 1.29 is 13.9 Å². The van der Waals surface area contributed by atoms with E-state index < -0.39 is 5.97 Å². The third-order valence-corrected chi connectivity index (χ3v) is 4.74. The number of furan rings is 1. The monoisotopic (exact) mass is 357 g/mol. The number of thiophene rings is 1. The molecule has 0 saturated carbocycles. The Morgan fingerprint density at radius 3 is 2.90 bits per heavy atom. The predicted octanol–water partition coefficient (Wildman–Crippen LogP) is 3.98. The Labute approximate surface area is 130 Å². The zero-order valence-corrected chi connectivity index (χ0v) is 13.7. The van der Waals surface area contributed by atoms with Gasteiger partial charge in [-0.3, -0.25) is 0 Å². The quantitative estimate of drug-likeness (QED) is 0.794. The van der Waals surface area contributed by atoms with E-state index in [0.717, 1.165) is 22.3 Å². The van der Waals surface area contributed by atoms with E-state index in [2.05, 4.69) is 32.9 Å². The Hall–Kier alpha value is -1.11. The number of halogens is 1. The summed E-state index contributed by atoms with van der Waals surface area (Å²) in [6.07, 6.45) is 1.02. The van der Waals surface area contributed by atoms with E-state index in [1.807, 2.05) is 17.5 Å². The van der Waals surface area contributed by atoms with Gasteiger partial charge in [0.25, 0.3) is 0 Å². The third kappa shape index (κ3) is 3.31. The van der Waals surface area contributed by atoms with Crippen molar-refractivity contribution >= 4 is 33.2 Å². The highest BCUT2D eigenvalue weighted by Crippen LogP contribution is 2.34. The molecule has 0 aliphatic heterocycles. The van der Waals surface area contributed by atoms with E-state index in [0.29, 0.717) is 5.76 Å². The van der Waals surface area contributed by atoms with Crippen LogP contribution in [0.15, 0.2) is 32.5 Å². The van der Waals surface area contributed by atoms with Gasteiger partial charge in [-0.05, 0) is 52.5 Å². The maximum atomic E-state index is 11.5. The van der Waals surface area contributed by atoms with Crippen molar-refractivity contribution in [1.29, 1.82) is 0 Å². The van der Waals surface area contributed by atoms with Crippen LogP contribution >= 0.6 is 27.3 Å². The average Bonchev–Trinajstić information content (AvgIpc) is 3.09. The minimum absolute atomic E-state index is 0.0669. The Morgan fingerprint density at radius 2 is 2.30 bits per heavy atom. The van der Waals surface area contributed by atoms with Crippen LogP contribution in [0.25, 0.3) is 0 Å². The molecule has 6 heteroatoms. The fraction of sp³-hybridized carbons (Fsp3) is 0.357. The molecule has 2 rings (SSSR count). The highest BCUT2D eigenvalue weighted by molar-refractivity contribution is 9.10. The van der Waals surface area contributed by atoms with Crippen LogP contribution in [0, 0.1) is 0 Å². The molecule has 1 unspecified atom stereocenters. The first-order valence-electron chi connectivity index (χ1n) is 6.31. The minimum Gasteiger partial charge on any atom is -0.463 e. The summed E-state index contributed by atoms with van der Waals surface area (Å²) in [5, 5.41) is 5.45. The van der Waals surface area contributed by atoms with Crippen LogP contribution in [0.4, 0.5) is 0 Å². The van der Waals surface area contributed by atoms with Gasteiger partial charge in [0.15, 0.2) is 0 Å². The molecule has 20 heavy (non-hydrogen) atoms. The maximum absolute atomic E-state index is 11.5. The lowest BCUT2D eigenvalue weighted by atomic mass is 10.2. The topological polar surface area (TPSA) is 51.5 Å². The number of hydrogen-bond donors (Lipinski definition) is 1. The summed E-state index contributed by atoms with van der Waals surface area (Å²) in [6, 6.07) is 5.39. The molecule has 4 nitrogen and oxygen atoms in total. The molecule has 2 heterocycles. The van der Waals surface area contributed by atoms with Gasteiger partial charge in [-0.1, -0.05) is 6.92 Å². The van der Waals surface area contributed by atoms with Gasteiger partial charge in [0, 0.05) is 9.35 Å². The van der Waals surface area contributed by atoms with Gasteiger partial charge in [-0.15, -0.1) is 11.3 Å². The number of nitrogens with one attached hydrogen (secondary N) is 1. The van der Waals surface area contributed by atoms with Crippen LogP contribution in [0.1, 0.15) is 40.6 Å². The molecular weight excluding hydrogens is 342 g/mol. The highest BCUT2D eigenvalue weighted by Gasteiger charge is 2.22. The van der Waals surface area contributed by atoms with E-state index in [1.54, 1.807) is 17.4 Å². The van der Waals surface area contributed by atoms with Gasteiger partial charge in [-0.2, -0.15) is 0 Å². The molecule has 0 bridgehead atoms. The molecule has 1 atom stereocenters. The Kier molecular flexibility index (Phi) is 5.39. The molecule has 108 valence electrons. The standard InChI is InChI=1S/C14H16BrNO3S/c1-3-7-16-12(13-9(15)6-8-20-13)10-4-5-11(19-10)14(17)18-2/h4-6,8,12,16H,3,7H2,1-2H3. The van der Waals surface area contributed by atoms with Crippen LogP contribution in [0.5, 0.6) is 0 Å². The molecule has 0 radical (unpaired) electrons. The fourth-order valence-electron chi connectivity index (χ4n) is 1.84. The number of hydrogen-bond acceptors (Lipinski definition) is 5. The van der Waals surface area contributed by atoms with Crippen molar-refractivity contribution in [2.45, 2.75) is 19.4 Å². The summed E-state index contributed by atoms with van der Waals surface area (Å²) in [4.78, 5) is 12.6. The summed E-state index contributed by atoms with van der Waals surface area (Å²) in [5.41, 5.74) is 0. The Bertz CT molecular complexity index is 578. The largest absolute Gasteiger partial charge is 0.463 e. The number of ether oxygens (including phenoxy) is 1. The maximum Gasteiger partial charge on any atom is 0.373 e. The van der Waals surface area contributed by atoms with E-state index in [1.165, 1.54) is 7.11 Å². The van der Waals surface area contributed by atoms with Crippen LogP contribution in [-0.2, 0) is 4.74 Å². The lowest BCUT2D eigenvalue weighted by Gasteiger charge is -2.15. The highest BCUT2D eigenvalue weighted by atomic mass is 79.9. The van der Waals surface area contributed by atoms with Gasteiger partial charge in [0.1, 0.15) is 11.8 Å². The summed E-state index contributed by atoms with van der Waals surface area (Å²) in [5.74, 6) is 0.469. The van der Waals surface area contributed by atoms with Crippen molar-refractivity contribution in [3.63, 3.8) is 0 Å². The van der Waals surface area contributed by atoms with Crippen LogP contribution in [-0.4, -0.2) is 19.6 Å². The summed E-state index contributed by atoms with van der Waals surface area (Å²) in [6.45, 7) is 2.97. The molecular formula is C14H16BrNO3S. The molecule has 0 amide bonds. The third-order valence-electron chi connectivity index (χ3n) is 2.80. The van der Waals surface area contributed by atoms with Crippen LogP contribution in [0.3, 0.4) is 0 Å². The normalized spacial score (nSPS) is 12.3. The summed E-state index contributed by atoms with van der Waals surface area (Å²) >= 11 is 5.18. The van der Waals surface area contributed by atoms with Gasteiger partial charge in [0.05, 0.1) is 7.11 Å². The van der Waals surface area contributed by atoms with Crippen molar-refractivity contribution in [1.82, 2.24) is 5.32 Å². The van der Waals surface area contributed by atoms with Gasteiger partial charge in [0.2, 0.25) is 5.76 Å². The molecule has 0 saturated heterocycles. The molecule has 0 aliphatic carbocycles. The van der Waals surface area contributed by atoms with Crippen molar-refractivity contribution in [2.24, 2.45) is 0 Å². The lowest BCUT2D eigenvalue weighted by Crippen LogP contribution is -2.22. The molecule has 0 fully saturated rings. The van der Waals surface area contributed by atoms with Gasteiger partial charge >= 0.3 is 5.97 Å². The molecule has 1 N–H and O–H groups in total. The van der Waals surface area contributed by atoms with E-state index in [9.17, 15) is 4.79 Å². The number of esters is 1. The summed E-state index contributed by atoms with van der Waals surface area (Å²) in [7, 11) is 1.34. The number of carbonyl (C=O) groups is 1. The smallest absolute Gasteiger partial charge is 0.373 e. The first kappa shape index (κ1) is 15.3. The van der Waals surface area contributed by atoms with Gasteiger partial charge < -0.3 is 14.5 Å². The predicted molar refractivity (Wildman–Crippen MR) is 82.2 cm³/mol. The van der Waals surface area contributed by atoms with E-state index in [4.69, 9.17) is 4.42 Å². The van der Waals surface area contributed by atoms with E-state index >= 15 is 0 Å². The lowest BCUT2D eigenvalue weighted by molar-refractivity contribution is 0.0562. The number of methoxy groups -OCH3 is 1. The second-order valence-electron chi connectivity index (χ2n) is 4.21. The minimum atomic E-state index is -0.462. The molecule has 2 aromatic heterocycles. The number of rotatable bonds is 6. The second-order valence-corrected chi connectivity index (χ2v) is 6.02. The first-order valence-corrected chi connectivity index (χ1v) is 7.99.